The third-order valence-electron chi connectivity index (χ3n) is 4.42. The lowest BCUT2D eigenvalue weighted by molar-refractivity contribution is -0.139. The van der Waals surface area contributed by atoms with E-state index in [-0.39, 0.29) is 24.9 Å². The van der Waals surface area contributed by atoms with E-state index in [2.05, 4.69) is 38.5 Å². The molecule has 10 nitrogen and oxygen atoms in total. The molecule has 0 radical (unpaired) electrons. The van der Waals surface area contributed by atoms with E-state index in [9.17, 15) is 24.3 Å². The van der Waals surface area contributed by atoms with Crippen molar-refractivity contribution < 1.29 is 34.1 Å². The van der Waals surface area contributed by atoms with Crippen molar-refractivity contribution in [2.75, 3.05) is 13.2 Å². The lowest BCUT2D eigenvalue weighted by atomic mass is 10.1. The quantitative estimate of drug-likeness (QED) is 0.153. The van der Waals surface area contributed by atoms with E-state index >= 15 is 0 Å². The minimum atomic E-state index is -1.22. The summed E-state index contributed by atoms with van der Waals surface area (Å²) in [6.07, 6.45) is 1.05. The van der Waals surface area contributed by atoms with Gasteiger partial charge in [-0.1, -0.05) is 0 Å². The van der Waals surface area contributed by atoms with Gasteiger partial charge < -0.3 is 30.9 Å². The lowest BCUT2D eigenvalue weighted by Gasteiger charge is -2.18. The highest BCUT2D eigenvalue weighted by Gasteiger charge is 2.32. The van der Waals surface area contributed by atoms with Crippen LogP contribution < -0.4 is 16.0 Å². The monoisotopic (exact) mass is 533 g/mol. The van der Waals surface area contributed by atoms with Gasteiger partial charge in [-0.2, -0.15) is 0 Å². The van der Waals surface area contributed by atoms with Crippen LogP contribution in [0.4, 0.5) is 4.79 Å². The molecule has 1 unspecified atom stereocenters. The van der Waals surface area contributed by atoms with Crippen LogP contribution in [0.2, 0.25) is 0 Å². The van der Waals surface area contributed by atoms with Crippen molar-refractivity contribution in [1.29, 1.82) is 0 Å². The van der Waals surface area contributed by atoms with Gasteiger partial charge in [0.1, 0.15) is 12.1 Å². The fourth-order valence-corrected chi connectivity index (χ4v) is 3.04. The van der Waals surface area contributed by atoms with Crippen molar-refractivity contribution in [2.24, 2.45) is 0 Å². The Hall–Kier alpha value is -2.41. The maximum atomic E-state index is 12.0. The highest BCUT2D eigenvalue weighted by atomic mass is 127. The minimum absolute atomic E-state index is 0.126. The Balaban J connectivity index is 1.69. The number of epoxide rings is 1. The van der Waals surface area contributed by atoms with Gasteiger partial charge in [-0.05, 0) is 66.1 Å². The molecule has 3 amide bonds. The summed E-state index contributed by atoms with van der Waals surface area (Å²) < 4.78 is 5.98. The zero-order chi connectivity index (χ0) is 22.1. The van der Waals surface area contributed by atoms with Gasteiger partial charge in [0, 0.05) is 22.1 Å². The number of hydrogen-bond donors (Lipinski definition) is 5. The van der Waals surface area contributed by atoms with Crippen molar-refractivity contribution in [3.63, 3.8) is 0 Å². The third-order valence-corrected chi connectivity index (χ3v) is 5.14. The number of aliphatic carboxylic acids is 2. The number of carboxylic acid groups (broad SMARTS) is 2. The molecule has 30 heavy (non-hydrogen) atoms. The fraction of sp³-hybridized carbons (Fsp3) is 0.474. The Morgan fingerprint density at radius 3 is 2.20 bits per heavy atom. The van der Waals surface area contributed by atoms with Crippen LogP contribution in [0, 0.1) is 3.57 Å². The second kappa shape index (κ2) is 11.7. The van der Waals surface area contributed by atoms with Gasteiger partial charge in [-0.15, -0.1) is 0 Å². The van der Waals surface area contributed by atoms with Crippen LogP contribution >= 0.6 is 22.6 Å². The molecule has 1 fully saturated rings. The Labute approximate surface area is 186 Å². The average molecular weight is 533 g/mol. The molecule has 1 aliphatic heterocycles. The molecule has 0 aliphatic carbocycles. The number of nitrogens with one attached hydrogen (secondary N) is 3. The molecule has 0 spiro atoms. The van der Waals surface area contributed by atoms with Crippen molar-refractivity contribution in [3.8, 4) is 0 Å². The number of rotatable bonds is 12. The molecule has 3 atom stereocenters. The number of urea groups is 1. The first-order chi connectivity index (χ1) is 14.3. The average Bonchev–Trinajstić information content (AvgIpc) is 3.50. The van der Waals surface area contributed by atoms with Crippen LogP contribution in [0.5, 0.6) is 0 Å². The maximum absolute atomic E-state index is 12.0. The van der Waals surface area contributed by atoms with Crippen LogP contribution in [0.1, 0.15) is 36.0 Å². The van der Waals surface area contributed by atoms with E-state index in [1.54, 1.807) is 12.1 Å². The van der Waals surface area contributed by atoms with Gasteiger partial charge in [-0.25, -0.2) is 14.4 Å². The fourth-order valence-electron chi connectivity index (χ4n) is 2.68. The largest absolute Gasteiger partial charge is 0.480 e. The normalized spacial score (nSPS) is 16.8. The summed E-state index contributed by atoms with van der Waals surface area (Å²) >= 11 is 2.15. The van der Waals surface area contributed by atoms with E-state index in [1.807, 2.05) is 12.1 Å². The Bertz CT molecular complexity index is 768. The van der Waals surface area contributed by atoms with Crippen molar-refractivity contribution in [3.05, 3.63) is 33.4 Å². The molecule has 0 saturated carbocycles. The van der Waals surface area contributed by atoms with E-state index in [0.29, 0.717) is 31.6 Å². The Kier molecular flexibility index (Phi) is 9.30. The lowest BCUT2D eigenvalue weighted by Crippen LogP contribution is -2.51. The van der Waals surface area contributed by atoms with Crippen molar-refractivity contribution in [1.82, 2.24) is 16.0 Å². The van der Waals surface area contributed by atoms with Gasteiger partial charge >= 0.3 is 18.0 Å². The first-order valence-corrected chi connectivity index (χ1v) is 10.5. The number of amides is 3. The molecular formula is C19H24IN3O7. The van der Waals surface area contributed by atoms with E-state index in [0.717, 1.165) is 3.57 Å². The molecule has 0 bridgehead atoms. The zero-order valence-corrected chi connectivity index (χ0v) is 18.3. The predicted octanol–water partition coefficient (Wildman–Crippen LogP) is 1.19. The first-order valence-electron chi connectivity index (χ1n) is 9.44. The summed E-state index contributed by atoms with van der Waals surface area (Å²) in [7, 11) is 0. The zero-order valence-electron chi connectivity index (χ0n) is 16.1. The molecule has 1 aromatic carbocycles. The van der Waals surface area contributed by atoms with Crippen molar-refractivity contribution >= 4 is 46.5 Å². The number of hydrogen-bond acceptors (Lipinski definition) is 5. The summed E-state index contributed by atoms with van der Waals surface area (Å²) in [6, 6.07) is 3.93. The van der Waals surface area contributed by atoms with Crippen LogP contribution in [-0.4, -0.2) is 65.4 Å². The summed E-state index contributed by atoms with van der Waals surface area (Å²) in [5.41, 5.74) is 0.543. The van der Waals surface area contributed by atoms with Crippen LogP contribution in [-0.2, 0) is 14.3 Å². The highest BCUT2D eigenvalue weighted by Crippen LogP contribution is 2.15. The second-order valence-corrected chi connectivity index (χ2v) is 8.09. The van der Waals surface area contributed by atoms with Crippen LogP contribution in [0.25, 0.3) is 0 Å². The Morgan fingerprint density at radius 1 is 1.03 bits per heavy atom. The number of carboxylic acids is 2. The van der Waals surface area contributed by atoms with E-state index in [4.69, 9.17) is 9.84 Å². The highest BCUT2D eigenvalue weighted by molar-refractivity contribution is 14.1. The molecule has 1 aliphatic rings. The molecule has 1 aromatic rings. The molecule has 2 rings (SSSR count). The minimum Gasteiger partial charge on any atom is -0.480 e. The van der Waals surface area contributed by atoms with Gasteiger partial charge in [0.25, 0.3) is 5.91 Å². The summed E-state index contributed by atoms with van der Waals surface area (Å²) in [5, 5.41) is 25.7. The molecule has 1 heterocycles. The van der Waals surface area contributed by atoms with Gasteiger partial charge in [-0.3, -0.25) is 4.79 Å². The SMILES string of the molecule is O=C(N[C@@H](CCCCNC(=O)c1ccc(I)cc1)C(=O)O)N[C@@H](CC1CO1)C(=O)O. The number of carbonyl (C=O) groups excluding carboxylic acids is 2. The van der Waals surface area contributed by atoms with Crippen LogP contribution in [0.15, 0.2) is 24.3 Å². The molecule has 164 valence electrons. The first kappa shape index (κ1) is 23.9. The number of halogens is 1. The number of carbonyl (C=O) groups is 4. The summed E-state index contributed by atoms with van der Waals surface area (Å²) in [5.74, 6) is -2.64. The topological polar surface area (TPSA) is 157 Å². The molecule has 11 heteroatoms. The molecule has 5 N–H and O–H groups in total. The smallest absolute Gasteiger partial charge is 0.326 e. The molecular weight excluding hydrogens is 509 g/mol. The molecule has 1 saturated heterocycles. The predicted molar refractivity (Wildman–Crippen MR) is 114 cm³/mol. The number of benzene rings is 1. The Morgan fingerprint density at radius 2 is 1.63 bits per heavy atom. The van der Waals surface area contributed by atoms with E-state index < -0.39 is 30.1 Å². The second-order valence-electron chi connectivity index (χ2n) is 6.85. The number of unbranched alkanes of at least 4 members (excludes halogenated alkanes) is 1. The van der Waals surface area contributed by atoms with Gasteiger partial charge in [0.2, 0.25) is 0 Å². The van der Waals surface area contributed by atoms with E-state index in [1.165, 1.54) is 0 Å². The van der Waals surface area contributed by atoms with Crippen LogP contribution in [0.3, 0.4) is 0 Å². The molecule has 0 aromatic heterocycles. The number of ether oxygens (including phenoxy) is 1. The maximum Gasteiger partial charge on any atom is 0.326 e. The van der Waals surface area contributed by atoms with Gasteiger partial charge in [0.15, 0.2) is 0 Å². The standard InChI is InChI=1S/C19H24IN3O7/c20-12-6-4-11(5-7-12)16(24)21-8-2-1-3-14(17(25)26)22-19(29)23-15(18(27)28)9-13-10-30-13/h4-7,13-15H,1-3,8-10H2,(H,21,24)(H,25,26)(H,27,28)(H2,22,23,29)/t13?,14-,15-/m0/s1. The third kappa shape index (κ3) is 8.53. The van der Waals surface area contributed by atoms with Gasteiger partial charge in [0.05, 0.1) is 12.7 Å². The summed E-state index contributed by atoms with van der Waals surface area (Å²) in [6.45, 7) is 0.816. The summed E-state index contributed by atoms with van der Waals surface area (Å²) in [4.78, 5) is 46.6. The van der Waals surface area contributed by atoms with Crippen molar-refractivity contribution in [2.45, 2.75) is 43.9 Å².